The van der Waals surface area contributed by atoms with E-state index in [1.54, 1.807) is 6.07 Å². The summed E-state index contributed by atoms with van der Waals surface area (Å²) in [6.07, 6.45) is 1.47. The molecule has 2 aromatic carbocycles. The molecule has 3 rings (SSSR count). The lowest BCUT2D eigenvalue weighted by atomic mass is 10.1. The number of hydrogen-bond acceptors (Lipinski definition) is 5. The van der Waals surface area contributed by atoms with Crippen molar-refractivity contribution in [2.45, 2.75) is 6.92 Å². The maximum atomic E-state index is 11.0. The van der Waals surface area contributed by atoms with Gasteiger partial charge in [-0.05, 0) is 30.8 Å². The fourth-order valence-electron chi connectivity index (χ4n) is 2.27. The van der Waals surface area contributed by atoms with Crippen LogP contribution in [0.4, 0.5) is 5.69 Å². The van der Waals surface area contributed by atoms with Crippen molar-refractivity contribution in [1.82, 2.24) is 14.9 Å². The third-order valence-corrected chi connectivity index (χ3v) is 4.11. The van der Waals surface area contributed by atoms with Crippen LogP contribution in [-0.4, -0.2) is 26.0 Å². The second-order valence-electron chi connectivity index (χ2n) is 5.19. The van der Waals surface area contributed by atoms with Gasteiger partial charge >= 0.3 is 0 Å². The molecule has 9 heteroatoms. The standard InChI is InChI=1S/C16H12ClN5O2S/c1-10-4-2-3-5-12(10)15-19-20-16(25)21(15)18-9-11-6-7-13(17)14(8-11)22(23)24/h2-9H,1H3,(H,20,25)/b18-9-. The number of nitro benzene ring substituents is 1. The average molecular weight is 374 g/mol. The number of rotatable bonds is 4. The Morgan fingerprint density at radius 1 is 1.36 bits per heavy atom. The summed E-state index contributed by atoms with van der Waals surface area (Å²) in [5.41, 5.74) is 2.25. The normalized spacial score (nSPS) is 11.1. The average Bonchev–Trinajstić information content (AvgIpc) is 2.95. The van der Waals surface area contributed by atoms with Crippen LogP contribution in [0.5, 0.6) is 0 Å². The molecule has 3 aromatic rings. The molecule has 0 aliphatic rings. The first-order chi connectivity index (χ1) is 12.0. The Kier molecular flexibility index (Phi) is 4.73. The number of aromatic amines is 1. The number of halogens is 1. The number of aromatic nitrogens is 3. The summed E-state index contributed by atoms with van der Waals surface area (Å²) in [5, 5.41) is 22.3. The molecule has 25 heavy (non-hydrogen) atoms. The maximum Gasteiger partial charge on any atom is 0.288 e. The second-order valence-corrected chi connectivity index (χ2v) is 5.99. The number of hydrogen-bond donors (Lipinski definition) is 1. The molecule has 126 valence electrons. The first-order valence-electron chi connectivity index (χ1n) is 7.19. The van der Waals surface area contributed by atoms with Crippen molar-refractivity contribution in [3.05, 3.63) is 73.5 Å². The topological polar surface area (TPSA) is 89.1 Å². The number of nitrogens with zero attached hydrogens (tertiary/aromatic N) is 4. The maximum absolute atomic E-state index is 11.0. The Morgan fingerprint density at radius 3 is 2.84 bits per heavy atom. The molecule has 0 aliphatic carbocycles. The molecule has 0 aliphatic heterocycles. The summed E-state index contributed by atoms with van der Waals surface area (Å²) < 4.78 is 1.79. The van der Waals surface area contributed by atoms with Crippen LogP contribution in [0.3, 0.4) is 0 Å². The fourth-order valence-corrected chi connectivity index (χ4v) is 2.64. The summed E-state index contributed by atoms with van der Waals surface area (Å²) in [7, 11) is 0. The Balaban J connectivity index is 2.02. The van der Waals surface area contributed by atoms with Crippen LogP contribution in [-0.2, 0) is 0 Å². The molecule has 0 bridgehead atoms. The van der Waals surface area contributed by atoms with Crippen molar-refractivity contribution in [2.75, 3.05) is 0 Å². The summed E-state index contributed by atoms with van der Waals surface area (Å²) in [4.78, 5) is 10.4. The van der Waals surface area contributed by atoms with E-state index in [0.717, 1.165) is 11.1 Å². The van der Waals surface area contributed by atoms with Gasteiger partial charge in [-0.25, -0.2) is 5.10 Å². The van der Waals surface area contributed by atoms with Crippen molar-refractivity contribution in [2.24, 2.45) is 5.10 Å². The molecule has 0 spiro atoms. The SMILES string of the molecule is Cc1ccccc1-c1n[nH]c(=S)n1/N=C\c1ccc(Cl)c([N+](=O)[O-])c1. The predicted molar refractivity (Wildman–Crippen MR) is 98.7 cm³/mol. The van der Waals surface area contributed by atoms with Gasteiger partial charge < -0.3 is 0 Å². The Hall–Kier alpha value is -2.84. The highest BCUT2D eigenvalue weighted by Gasteiger charge is 2.13. The number of H-pyrrole nitrogens is 1. The van der Waals surface area contributed by atoms with Gasteiger partial charge in [-0.3, -0.25) is 10.1 Å². The highest BCUT2D eigenvalue weighted by molar-refractivity contribution is 7.71. The van der Waals surface area contributed by atoms with E-state index in [1.165, 1.54) is 23.0 Å². The third-order valence-electron chi connectivity index (χ3n) is 3.53. The van der Waals surface area contributed by atoms with Gasteiger partial charge in [-0.2, -0.15) is 14.9 Å². The van der Waals surface area contributed by atoms with Gasteiger partial charge in [-0.15, -0.1) is 0 Å². The third kappa shape index (κ3) is 3.49. The van der Waals surface area contributed by atoms with E-state index >= 15 is 0 Å². The van der Waals surface area contributed by atoms with Crippen LogP contribution >= 0.6 is 23.8 Å². The highest BCUT2D eigenvalue weighted by Crippen LogP contribution is 2.25. The van der Waals surface area contributed by atoms with E-state index in [0.29, 0.717) is 16.2 Å². The molecule has 0 atom stereocenters. The van der Waals surface area contributed by atoms with E-state index in [-0.39, 0.29) is 10.7 Å². The van der Waals surface area contributed by atoms with Crippen LogP contribution in [0.2, 0.25) is 5.02 Å². The van der Waals surface area contributed by atoms with Crippen molar-refractivity contribution in [1.29, 1.82) is 0 Å². The van der Waals surface area contributed by atoms with Gasteiger partial charge in [0.1, 0.15) is 5.02 Å². The van der Waals surface area contributed by atoms with Crippen molar-refractivity contribution < 1.29 is 4.92 Å². The van der Waals surface area contributed by atoms with Gasteiger partial charge in [0.25, 0.3) is 5.69 Å². The van der Waals surface area contributed by atoms with Crippen LogP contribution in [0.25, 0.3) is 11.4 Å². The number of benzene rings is 2. The van der Waals surface area contributed by atoms with Gasteiger partial charge in [-0.1, -0.05) is 41.9 Å². The van der Waals surface area contributed by atoms with Crippen molar-refractivity contribution in [3.8, 4) is 11.4 Å². The Morgan fingerprint density at radius 2 is 2.12 bits per heavy atom. The number of nitro groups is 1. The Labute approximate surface area is 152 Å². The Bertz CT molecular complexity index is 1040. The molecule has 0 radical (unpaired) electrons. The summed E-state index contributed by atoms with van der Waals surface area (Å²) in [6, 6.07) is 12.1. The quantitative estimate of drug-likeness (QED) is 0.318. The van der Waals surface area contributed by atoms with Crippen molar-refractivity contribution >= 4 is 35.7 Å². The van der Waals surface area contributed by atoms with E-state index in [1.807, 2.05) is 31.2 Å². The van der Waals surface area contributed by atoms with Gasteiger partial charge in [0.2, 0.25) is 4.77 Å². The molecule has 0 saturated carbocycles. The zero-order valence-electron chi connectivity index (χ0n) is 13.0. The minimum atomic E-state index is -0.540. The van der Waals surface area contributed by atoms with E-state index in [2.05, 4.69) is 15.3 Å². The van der Waals surface area contributed by atoms with Gasteiger partial charge in [0.05, 0.1) is 11.1 Å². The molecule has 0 unspecified atom stereocenters. The second kappa shape index (κ2) is 6.96. The molecule has 1 N–H and O–H groups in total. The van der Waals surface area contributed by atoms with Crippen LogP contribution in [0.1, 0.15) is 11.1 Å². The van der Waals surface area contributed by atoms with Crippen LogP contribution in [0, 0.1) is 21.8 Å². The smallest absolute Gasteiger partial charge is 0.258 e. The van der Waals surface area contributed by atoms with Gasteiger partial charge in [0, 0.05) is 17.2 Å². The minimum absolute atomic E-state index is 0.0719. The first-order valence-corrected chi connectivity index (χ1v) is 7.97. The molecule has 1 aromatic heterocycles. The van der Waals surface area contributed by atoms with E-state index in [9.17, 15) is 10.1 Å². The van der Waals surface area contributed by atoms with Crippen LogP contribution < -0.4 is 0 Å². The number of aryl methyl sites for hydroxylation is 1. The van der Waals surface area contributed by atoms with E-state index in [4.69, 9.17) is 23.8 Å². The summed E-state index contributed by atoms with van der Waals surface area (Å²) in [5.74, 6) is 0.558. The zero-order valence-corrected chi connectivity index (χ0v) is 14.6. The fraction of sp³-hybridized carbons (Fsp3) is 0.0625. The molecule has 0 fully saturated rings. The predicted octanol–water partition coefficient (Wildman–Crippen LogP) is 4.36. The lowest BCUT2D eigenvalue weighted by molar-refractivity contribution is -0.384. The monoisotopic (exact) mass is 373 g/mol. The summed E-state index contributed by atoms with van der Waals surface area (Å²) in [6.45, 7) is 1.96. The molecule has 0 amide bonds. The molecule has 0 saturated heterocycles. The highest BCUT2D eigenvalue weighted by atomic mass is 35.5. The lowest BCUT2D eigenvalue weighted by Gasteiger charge is -2.04. The van der Waals surface area contributed by atoms with Crippen molar-refractivity contribution in [3.63, 3.8) is 0 Å². The largest absolute Gasteiger partial charge is 0.288 e. The molecular formula is C16H12ClN5O2S. The van der Waals surface area contributed by atoms with Gasteiger partial charge in [0.15, 0.2) is 5.82 Å². The molecular weight excluding hydrogens is 362 g/mol. The zero-order chi connectivity index (χ0) is 18.0. The number of nitrogens with one attached hydrogen (secondary N) is 1. The summed E-state index contributed by atoms with van der Waals surface area (Å²) >= 11 is 11.0. The van der Waals surface area contributed by atoms with Crippen LogP contribution in [0.15, 0.2) is 47.6 Å². The lowest BCUT2D eigenvalue weighted by Crippen LogP contribution is -1.97. The molecule has 1 heterocycles. The molecule has 7 nitrogen and oxygen atoms in total. The minimum Gasteiger partial charge on any atom is -0.258 e. The first kappa shape index (κ1) is 17.0. The van der Waals surface area contributed by atoms with E-state index < -0.39 is 4.92 Å².